The quantitative estimate of drug-likeness (QED) is 0.658. The van der Waals surface area contributed by atoms with Crippen LogP contribution >= 0.6 is 0 Å². The van der Waals surface area contributed by atoms with Crippen molar-refractivity contribution in [3.05, 3.63) is 23.9 Å². The highest BCUT2D eigenvalue weighted by molar-refractivity contribution is 5.38. The van der Waals surface area contributed by atoms with Crippen molar-refractivity contribution in [3.63, 3.8) is 0 Å². The van der Waals surface area contributed by atoms with Gasteiger partial charge in [-0.15, -0.1) is 0 Å². The first kappa shape index (κ1) is 8.01. The third kappa shape index (κ3) is 2.20. The third-order valence-electron chi connectivity index (χ3n) is 1.57. The van der Waals surface area contributed by atoms with Gasteiger partial charge in [-0.2, -0.15) is 0 Å². The molecular weight excluding hydrogens is 138 g/mol. The van der Waals surface area contributed by atoms with Crippen molar-refractivity contribution in [3.8, 4) is 0 Å². The standard InChI is InChI=1S/C8H13N3/c1-10-6-4-7-3-2-5-11-8(7)9/h2-3,5,10H,4,6H2,1H3,(H2,9,11). The molecule has 0 saturated heterocycles. The van der Waals surface area contributed by atoms with Gasteiger partial charge in [0.1, 0.15) is 5.82 Å². The fourth-order valence-corrected chi connectivity index (χ4v) is 0.922. The van der Waals surface area contributed by atoms with Gasteiger partial charge in [0, 0.05) is 6.20 Å². The van der Waals surface area contributed by atoms with Gasteiger partial charge < -0.3 is 11.1 Å². The fraction of sp³-hybridized carbons (Fsp3) is 0.375. The Labute approximate surface area is 66.6 Å². The van der Waals surface area contributed by atoms with E-state index in [0.717, 1.165) is 18.5 Å². The van der Waals surface area contributed by atoms with Gasteiger partial charge >= 0.3 is 0 Å². The van der Waals surface area contributed by atoms with E-state index in [1.165, 1.54) is 0 Å². The van der Waals surface area contributed by atoms with Crippen molar-refractivity contribution in [2.45, 2.75) is 6.42 Å². The molecule has 1 heterocycles. The monoisotopic (exact) mass is 151 g/mol. The van der Waals surface area contributed by atoms with Crippen LogP contribution in [-0.2, 0) is 6.42 Å². The van der Waals surface area contributed by atoms with Gasteiger partial charge in [-0.25, -0.2) is 4.98 Å². The summed E-state index contributed by atoms with van der Waals surface area (Å²) in [5.74, 6) is 0.641. The van der Waals surface area contributed by atoms with Crippen LogP contribution in [0.2, 0.25) is 0 Å². The molecule has 0 unspecified atom stereocenters. The molecule has 1 aromatic heterocycles. The van der Waals surface area contributed by atoms with Gasteiger partial charge in [-0.05, 0) is 31.6 Å². The first-order chi connectivity index (χ1) is 5.34. The first-order valence-corrected chi connectivity index (χ1v) is 3.68. The van der Waals surface area contributed by atoms with Crippen molar-refractivity contribution >= 4 is 5.82 Å². The molecule has 1 aromatic rings. The fourth-order valence-electron chi connectivity index (χ4n) is 0.922. The Hall–Kier alpha value is -1.09. The topological polar surface area (TPSA) is 50.9 Å². The van der Waals surface area contributed by atoms with Crippen molar-refractivity contribution in [1.29, 1.82) is 0 Å². The molecule has 60 valence electrons. The maximum Gasteiger partial charge on any atom is 0.126 e. The number of likely N-dealkylation sites (N-methyl/N-ethyl adjacent to an activating group) is 1. The number of hydrogen-bond donors (Lipinski definition) is 2. The molecule has 0 saturated carbocycles. The molecule has 0 spiro atoms. The molecule has 0 aromatic carbocycles. The number of nitrogens with one attached hydrogen (secondary N) is 1. The highest BCUT2D eigenvalue weighted by Crippen LogP contribution is 2.06. The van der Waals surface area contributed by atoms with Crippen molar-refractivity contribution in [2.24, 2.45) is 0 Å². The maximum atomic E-state index is 5.62. The normalized spacial score (nSPS) is 9.91. The minimum Gasteiger partial charge on any atom is -0.383 e. The largest absolute Gasteiger partial charge is 0.383 e. The molecule has 0 aliphatic heterocycles. The van der Waals surface area contributed by atoms with Crippen LogP contribution < -0.4 is 11.1 Å². The third-order valence-corrected chi connectivity index (χ3v) is 1.57. The molecule has 0 aliphatic rings. The van der Waals surface area contributed by atoms with Crippen LogP contribution in [-0.4, -0.2) is 18.6 Å². The van der Waals surface area contributed by atoms with E-state index in [9.17, 15) is 0 Å². The summed E-state index contributed by atoms with van der Waals surface area (Å²) in [6.07, 6.45) is 2.65. The van der Waals surface area contributed by atoms with Crippen LogP contribution in [0, 0.1) is 0 Å². The molecule has 3 N–H and O–H groups in total. The van der Waals surface area contributed by atoms with Crippen LogP contribution in [0.3, 0.4) is 0 Å². The summed E-state index contributed by atoms with van der Waals surface area (Å²) in [5, 5.41) is 3.06. The molecule has 0 bridgehead atoms. The van der Waals surface area contributed by atoms with E-state index in [0.29, 0.717) is 5.82 Å². The number of aromatic nitrogens is 1. The Bertz CT molecular complexity index is 222. The van der Waals surface area contributed by atoms with E-state index in [1.54, 1.807) is 6.20 Å². The number of nitrogen functional groups attached to an aromatic ring is 1. The van der Waals surface area contributed by atoms with Crippen molar-refractivity contribution in [1.82, 2.24) is 10.3 Å². The number of rotatable bonds is 3. The Balaban J connectivity index is 2.62. The van der Waals surface area contributed by atoms with Gasteiger partial charge in [0.2, 0.25) is 0 Å². The predicted molar refractivity (Wildman–Crippen MR) is 46.3 cm³/mol. The second-order valence-corrected chi connectivity index (χ2v) is 2.40. The predicted octanol–water partition coefficient (Wildman–Crippen LogP) is 0.426. The molecular formula is C8H13N3. The second-order valence-electron chi connectivity index (χ2n) is 2.40. The minimum atomic E-state index is 0.641. The summed E-state index contributed by atoms with van der Waals surface area (Å²) < 4.78 is 0. The minimum absolute atomic E-state index is 0.641. The number of nitrogens with zero attached hydrogens (tertiary/aromatic N) is 1. The SMILES string of the molecule is CNCCc1cccnc1N. The van der Waals surface area contributed by atoms with Crippen LogP contribution in [0.5, 0.6) is 0 Å². The molecule has 0 atom stereocenters. The van der Waals surface area contributed by atoms with E-state index >= 15 is 0 Å². The number of nitrogens with two attached hydrogens (primary N) is 1. The average molecular weight is 151 g/mol. The Morgan fingerprint density at radius 1 is 1.64 bits per heavy atom. The lowest BCUT2D eigenvalue weighted by Crippen LogP contribution is -2.11. The Morgan fingerprint density at radius 3 is 3.09 bits per heavy atom. The van der Waals surface area contributed by atoms with E-state index in [2.05, 4.69) is 10.3 Å². The second kappa shape index (κ2) is 3.93. The molecule has 1 rings (SSSR count). The Morgan fingerprint density at radius 2 is 2.45 bits per heavy atom. The molecule has 11 heavy (non-hydrogen) atoms. The zero-order chi connectivity index (χ0) is 8.10. The zero-order valence-corrected chi connectivity index (χ0v) is 6.67. The molecule has 0 amide bonds. The number of hydrogen-bond acceptors (Lipinski definition) is 3. The van der Waals surface area contributed by atoms with E-state index in [1.807, 2.05) is 19.2 Å². The smallest absolute Gasteiger partial charge is 0.126 e. The van der Waals surface area contributed by atoms with Gasteiger partial charge in [0.15, 0.2) is 0 Å². The average Bonchev–Trinajstić information content (AvgIpc) is 2.03. The summed E-state index contributed by atoms with van der Waals surface area (Å²) in [7, 11) is 1.92. The summed E-state index contributed by atoms with van der Waals surface area (Å²) in [4.78, 5) is 3.98. The van der Waals surface area contributed by atoms with Gasteiger partial charge in [-0.3, -0.25) is 0 Å². The van der Waals surface area contributed by atoms with Crippen LogP contribution in [0.4, 0.5) is 5.82 Å². The lowest BCUT2D eigenvalue weighted by atomic mass is 10.2. The van der Waals surface area contributed by atoms with Gasteiger partial charge in [0.05, 0.1) is 0 Å². The van der Waals surface area contributed by atoms with Crippen LogP contribution in [0.1, 0.15) is 5.56 Å². The summed E-state index contributed by atoms with van der Waals surface area (Å²) >= 11 is 0. The molecule has 0 aliphatic carbocycles. The van der Waals surface area contributed by atoms with E-state index in [4.69, 9.17) is 5.73 Å². The number of anilines is 1. The highest BCUT2D eigenvalue weighted by Gasteiger charge is 1.96. The molecule has 3 heteroatoms. The van der Waals surface area contributed by atoms with Crippen molar-refractivity contribution < 1.29 is 0 Å². The van der Waals surface area contributed by atoms with E-state index < -0.39 is 0 Å². The van der Waals surface area contributed by atoms with Crippen LogP contribution in [0.25, 0.3) is 0 Å². The Kier molecular flexibility index (Phi) is 2.86. The lowest BCUT2D eigenvalue weighted by molar-refractivity contribution is 0.791. The summed E-state index contributed by atoms with van der Waals surface area (Å²) in [5.41, 5.74) is 6.74. The van der Waals surface area contributed by atoms with Gasteiger partial charge in [-0.1, -0.05) is 6.07 Å². The zero-order valence-electron chi connectivity index (χ0n) is 6.67. The molecule has 3 nitrogen and oxygen atoms in total. The lowest BCUT2D eigenvalue weighted by Gasteiger charge is -2.02. The summed E-state index contributed by atoms with van der Waals surface area (Å²) in [6, 6.07) is 3.90. The number of pyridine rings is 1. The van der Waals surface area contributed by atoms with Crippen molar-refractivity contribution in [2.75, 3.05) is 19.3 Å². The van der Waals surface area contributed by atoms with Gasteiger partial charge in [0.25, 0.3) is 0 Å². The first-order valence-electron chi connectivity index (χ1n) is 3.68. The molecule has 0 radical (unpaired) electrons. The van der Waals surface area contributed by atoms with E-state index in [-0.39, 0.29) is 0 Å². The van der Waals surface area contributed by atoms with Crippen LogP contribution in [0.15, 0.2) is 18.3 Å². The highest BCUT2D eigenvalue weighted by atomic mass is 14.8. The summed E-state index contributed by atoms with van der Waals surface area (Å²) in [6.45, 7) is 0.940. The maximum absolute atomic E-state index is 5.62. The molecule has 0 fully saturated rings.